The number of rotatable bonds is 9. The standard InChI is InChI=1S/C24H31N3/c1-2-3-4-5-6-7-8-9-19-12-15-23-22(16-19)18-26-24(27-23)21-13-10-20(17-25)11-14-21/h10-11,13-14,18-19H,2-9,12,15-16H2,1H3. The van der Waals surface area contributed by atoms with Crippen LogP contribution in [-0.2, 0) is 12.8 Å². The van der Waals surface area contributed by atoms with Gasteiger partial charge in [0.15, 0.2) is 5.82 Å². The van der Waals surface area contributed by atoms with Gasteiger partial charge in [-0.15, -0.1) is 0 Å². The van der Waals surface area contributed by atoms with Crippen molar-refractivity contribution in [2.24, 2.45) is 5.92 Å². The molecule has 3 nitrogen and oxygen atoms in total. The molecule has 2 aromatic rings. The second kappa shape index (κ2) is 10.2. The molecule has 0 bridgehead atoms. The summed E-state index contributed by atoms with van der Waals surface area (Å²) >= 11 is 0. The quantitative estimate of drug-likeness (QED) is 0.495. The number of aryl methyl sites for hydroxylation is 1. The predicted molar refractivity (Wildman–Crippen MR) is 110 cm³/mol. The van der Waals surface area contributed by atoms with Gasteiger partial charge in [-0.05, 0) is 55.0 Å². The van der Waals surface area contributed by atoms with Crippen LogP contribution < -0.4 is 0 Å². The van der Waals surface area contributed by atoms with E-state index in [2.05, 4.69) is 18.0 Å². The number of hydrogen-bond acceptors (Lipinski definition) is 3. The molecular weight excluding hydrogens is 330 g/mol. The molecule has 1 aromatic heterocycles. The second-order valence-electron chi connectivity index (χ2n) is 7.87. The fourth-order valence-electron chi connectivity index (χ4n) is 4.05. The highest BCUT2D eigenvalue weighted by Gasteiger charge is 2.20. The van der Waals surface area contributed by atoms with E-state index in [4.69, 9.17) is 10.2 Å². The van der Waals surface area contributed by atoms with Crippen molar-refractivity contribution < 1.29 is 0 Å². The van der Waals surface area contributed by atoms with Gasteiger partial charge in [-0.3, -0.25) is 0 Å². The monoisotopic (exact) mass is 361 g/mol. The molecule has 0 saturated carbocycles. The van der Waals surface area contributed by atoms with E-state index >= 15 is 0 Å². The Morgan fingerprint density at radius 3 is 2.52 bits per heavy atom. The fraction of sp³-hybridized carbons (Fsp3) is 0.542. The van der Waals surface area contributed by atoms with Gasteiger partial charge in [-0.1, -0.05) is 58.3 Å². The first-order valence-electron chi connectivity index (χ1n) is 10.7. The van der Waals surface area contributed by atoms with E-state index in [-0.39, 0.29) is 0 Å². The summed E-state index contributed by atoms with van der Waals surface area (Å²) in [6.07, 6.45) is 16.6. The van der Waals surface area contributed by atoms with Gasteiger partial charge in [-0.2, -0.15) is 5.26 Å². The summed E-state index contributed by atoms with van der Waals surface area (Å²) in [6, 6.07) is 9.69. The molecule has 3 heteroatoms. The lowest BCUT2D eigenvalue weighted by atomic mass is 9.84. The largest absolute Gasteiger partial charge is 0.236 e. The van der Waals surface area contributed by atoms with Crippen LogP contribution in [0.15, 0.2) is 30.5 Å². The molecule has 1 atom stereocenters. The lowest BCUT2D eigenvalue weighted by Gasteiger charge is -2.24. The van der Waals surface area contributed by atoms with Crippen molar-refractivity contribution in [3.63, 3.8) is 0 Å². The summed E-state index contributed by atoms with van der Waals surface area (Å²) in [7, 11) is 0. The van der Waals surface area contributed by atoms with E-state index < -0.39 is 0 Å². The molecule has 1 unspecified atom stereocenters. The third-order valence-electron chi connectivity index (χ3n) is 5.74. The van der Waals surface area contributed by atoms with E-state index in [0.717, 1.165) is 30.1 Å². The predicted octanol–water partition coefficient (Wildman–Crippen LogP) is 6.26. The maximum atomic E-state index is 8.93. The van der Waals surface area contributed by atoms with Gasteiger partial charge in [0.2, 0.25) is 0 Å². The number of unbranched alkanes of at least 4 members (excludes halogenated alkanes) is 6. The van der Waals surface area contributed by atoms with Crippen molar-refractivity contribution in [3.8, 4) is 17.5 Å². The Morgan fingerprint density at radius 2 is 1.78 bits per heavy atom. The summed E-state index contributed by atoms with van der Waals surface area (Å²) in [6.45, 7) is 2.28. The topological polar surface area (TPSA) is 49.6 Å². The number of hydrogen-bond donors (Lipinski definition) is 0. The fourth-order valence-corrected chi connectivity index (χ4v) is 4.05. The minimum Gasteiger partial charge on any atom is -0.236 e. The van der Waals surface area contributed by atoms with Crippen LogP contribution in [0.4, 0.5) is 0 Å². The van der Waals surface area contributed by atoms with Crippen molar-refractivity contribution in [1.82, 2.24) is 9.97 Å². The zero-order valence-corrected chi connectivity index (χ0v) is 16.6. The molecule has 0 saturated heterocycles. The maximum Gasteiger partial charge on any atom is 0.159 e. The van der Waals surface area contributed by atoms with Gasteiger partial charge in [0.1, 0.15) is 0 Å². The molecule has 3 rings (SSSR count). The molecule has 1 heterocycles. The molecule has 1 aliphatic carbocycles. The third kappa shape index (κ3) is 5.63. The summed E-state index contributed by atoms with van der Waals surface area (Å²) < 4.78 is 0. The average Bonchev–Trinajstić information content (AvgIpc) is 2.72. The van der Waals surface area contributed by atoms with Crippen LogP contribution in [0.5, 0.6) is 0 Å². The van der Waals surface area contributed by atoms with Gasteiger partial charge in [0.05, 0.1) is 11.6 Å². The van der Waals surface area contributed by atoms with Crippen molar-refractivity contribution in [1.29, 1.82) is 5.26 Å². The van der Waals surface area contributed by atoms with E-state index in [1.807, 2.05) is 30.5 Å². The molecule has 0 radical (unpaired) electrons. The van der Waals surface area contributed by atoms with Gasteiger partial charge in [0.25, 0.3) is 0 Å². The van der Waals surface area contributed by atoms with Crippen molar-refractivity contribution >= 4 is 0 Å². The van der Waals surface area contributed by atoms with Crippen LogP contribution in [-0.4, -0.2) is 9.97 Å². The molecule has 0 spiro atoms. The Labute approximate surface area is 163 Å². The van der Waals surface area contributed by atoms with Crippen LogP contribution in [0.25, 0.3) is 11.4 Å². The van der Waals surface area contributed by atoms with E-state index in [0.29, 0.717) is 5.56 Å². The molecule has 0 N–H and O–H groups in total. The smallest absolute Gasteiger partial charge is 0.159 e. The highest BCUT2D eigenvalue weighted by Crippen LogP contribution is 2.29. The Morgan fingerprint density at radius 1 is 1.04 bits per heavy atom. The van der Waals surface area contributed by atoms with Crippen LogP contribution in [0.2, 0.25) is 0 Å². The molecule has 1 aromatic carbocycles. The summed E-state index contributed by atoms with van der Waals surface area (Å²) in [5.41, 5.74) is 4.22. The number of benzene rings is 1. The van der Waals surface area contributed by atoms with Crippen LogP contribution in [0.1, 0.15) is 81.5 Å². The SMILES string of the molecule is CCCCCCCCCC1CCc2nc(-c3ccc(C#N)cc3)ncc2C1. The highest BCUT2D eigenvalue weighted by atomic mass is 14.9. The molecule has 0 amide bonds. The lowest BCUT2D eigenvalue weighted by Crippen LogP contribution is -2.16. The molecular formula is C24H31N3. The van der Waals surface area contributed by atoms with Gasteiger partial charge >= 0.3 is 0 Å². The molecule has 142 valence electrons. The Balaban J connectivity index is 1.49. The molecule has 27 heavy (non-hydrogen) atoms. The number of aromatic nitrogens is 2. The Hall–Kier alpha value is -2.21. The van der Waals surface area contributed by atoms with Gasteiger partial charge in [0, 0.05) is 17.5 Å². The van der Waals surface area contributed by atoms with Gasteiger partial charge in [-0.25, -0.2) is 9.97 Å². The summed E-state index contributed by atoms with van der Waals surface area (Å²) in [5, 5.41) is 8.93. The molecule has 0 fully saturated rings. The first kappa shape index (κ1) is 19.5. The summed E-state index contributed by atoms with van der Waals surface area (Å²) in [4.78, 5) is 9.41. The third-order valence-corrected chi connectivity index (χ3v) is 5.74. The first-order valence-corrected chi connectivity index (χ1v) is 10.7. The number of nitriles is 1. The average molecular weight is 362 g/mol. The van der Waals surface area contributed by atoms with E-state index in [1.54, 1.807) is 0 Å². The Bertz CT molecular complexity index is 758. The van der Waals surface area contributed by atoms with Crippen molar-refractivity contribution in [2.75, 3.05) is 0 Å². The van der Waals surface area contributed by atoms with Crippen molar-refractivity contribution in [2.45, 2.75) is 77.6 Å². The highest BCUT2D eigenvalue weighted by molar-refractivity contribution is 5.56. The number of nitrogens with zero attached hydrogens (tertiary/aromatic N) is 3. The number of fused-ring (bicyclic) bond motifs is 1. The maximum absolute atomic E-state index is 8.93. The van der Waals surface area contributed by atoms with Crippen LogP contribution in [0.3, 0.4) is 0 Å². The zero-order valence-electron chi connectivity index (χ0n) is 16.6. The minimum atomic E-state index is 0.671. The molecule has 0 aliphatic heterocycles. The lowest BCUT2D eigenvalue weighted by molar-refractivity contribution is 0.399. The normalized spacial score (nSPS) is 15.9. The first-order chi connectivity index (χ1) is 13.3. The van der Waals surface area contributed by atoms with E-state index in [1.165, 1.54) is 69.0 Å². The van der Waals surface area contributed by atoms with Crippen LogP contribution in [0, 0.1) is 17.2 Å². The van der Waals surface area contributed by atoms with Crippen LogP contribution >= 0.6 is 0 Å². The van der Waals surface area contributed by atoms with Crippen molar-refractivity contribution in [3.05, 3.63) is 47.3 Å². The Kier molecular flexibility index (Phi) is 7.39. The minimum absolute atomic E-state index is 0.671. The zero-order chi connectivity index (χ0) is 18.9. The van der Waals surface area contributed by atoms with E-state index in [9.17, 15) is 0 Å². The summed E-state index contributed by atoms with van der Waals surface area (Å²) in [5.74, 6) is 1.58. The van der Waals surface area contributed by atoms with Gasteiger partial charge < -0.3 is 0 Å². The molecule has 1 aliphatic rings. The second-order valence-corrected chi connectivity index (χ2v) is 7.87.